The first-order valence-electron chi connectivity index (χ1n) is 11.2. The maximum atomic E-state index is 12.7. The van der Waals surface area contributed by atoms with Gasteiger partial charge in [-0.25, -0.2) is 0 Å². The fraction of sp³-hybridized carbons (Fsp3) is 0.333. The number of rotatable bonds is 6. The van der Waals surface area contributed by atoms with E-state index in [2.05, 4.69) is 65.2 Å². The van der Waals surface area contributed by atoms with Crippen LogP contribution in [0.1, 0.15) is 42.4 Å². The van der Waals surface area contributed by atoms with E-state index in [1.54, 1.807) is 0 Å². The third-order valence-corrected chi connectivity index (χ3v) is 6.84. The number of carbonyl (C=O) groups is 2. The Morgan fingerprint density at radius 3 is 2.39 bits per heavy atom. The lowest BCUT2D eigenvalue weighted by Crippen LogP contribution is -2.45. The summed E-state index contributed by atoms with van der Waals surface area (Å²) in [5.41, 5.74) is 3.54. The van der Waals surface area contributed by atoms with Gasteiger partial charge < -0.3 is 10.6 Å². The summed E-state index contributed by atoms with van der Waals surface area (Å²) in [7, 11) is 0. The van der Waals surface area contributed by atoms with Gasteiger partial charge in [-0.2, -0.15) is 0 Å². The molecule has 0 radical (unpaired) electrons. The van der Waals surface area contributed by atoms with Crippen LogP contribution in [-0.4, -0.2) is 23.4 Å². The van der Waals surface area contributed by atoms with E-state index >= 15 is 0 Å². The Morgan fingerprint density at radius 1 is 0.968 bits per heavy atom. The summed E-state index contributed by atoms with van der Waals surface area (Å²) in [6, 6.07) is 23.4. The fourth-order valence-corrected chi connectivity index (χ4v) is 5.24. The molecule has 0 aromatic heterocycles. The Bertz CT molecular complexity index is 1110. The van der Waals surface area contributed by atoms with Crippen LogP contribution in [0.3, 0.4) is 0 Å². The van der Waals surface area contributed by atoms with Gasteiger partial charge in [0, 0.05) is 24.4 Å². The van der Waals surface area contributed by atoms with Crippen molar-refractivity contribution >= 4 is 22.6 Å². The SMILES string of the molecule is O=C(CCC1(Cc2ccc3ccccc3c2)CCC(=O)N1)NC1Cc2ccccc2C1. The van der Waals surface area contributed by atoms with Gasteiger partial charge in [0.05, 0.1) is 0 Å². The van der Waals surface area contributed by atoms with E-state index in [1.165, 1.54) is 27.5 Å². The van der Waals surface area contributed by atoms with Crippen molar-refractivity contribution in [2.75, 3.05) is 0 Å². The van der Waals surface area contributed by atoms with Gasteiger partial charge in [0.1, 0.15) is 0 Å². The minimum atomic E-state index is -0.338. The number of hydrogen-bond acceptors (Lipinski definition) is 2. The van der Waals surface area contributed by atoms with Crippen molar-refractivity contribution in [3.8, 4) is 0 Å². The van der Waals surface area contributed by atoms with Crippen LogP contribution in [-0.2, 0) is 28.9 Å². The van der Waals surface area contributed by atoms with Crippen molar-refractivity contribution in [2.24, 2.45) is 0 Å². The molecule has 1 aliphatic carbocycles. The van der Waals surface area contributed by atoms with Crippen molar-refractivity contribution in [1.29, 1.82) is 0 Å². The molecule has 5 rings (SSSR count). The highest BCUT2D eigenvalue weighted by Gasteiger charge is 2.38. The predicted molar refractivity (Wildman–Crippen MR) is 123 cm³/mol. The molecule has 1 atom stereocenters. The second kappa shape index (κ2) is 8.18. The standard InChI is InChI=1S/C27H28N2O2/c30-25(28-24-16-22-7-3-4-8-23(22)17-24)11-13-27(14-12-26(31)29-27)18-19-9-10-20-5-1-2-6-21(20)15-19/h1-10,15,24H,11-14,16-18H2,(H,28,30)(H,29,31). The molecule has 2 N–H and O–H groups in total. The Morgan fingerprint density at radius 2 is 1.68 bits per heavy atom. The van der Waals surface area contributed by atoms with E-state index in [4.69, 9.17) is 0 Å². The molecule has 4 nitrogen and oxygen atoms in total. The number of carbonyl (C=O) groups excluding carboxylic acids is 2. The molecule has 4 heteroatoms. The van der Waals surface area contributed by atoms with Gasteiger partial charge in [0.15, 0.2) is 0 Å². The van der Waals surface area contributed by atoms with E-state index in [-0.39, 0.29) is 23.4 Å². The van der Waals surface area contributed by atoms with Crippen LogP contribution in [0.15, 0.2) is 66.7 Å². The fourth-order valence-electron chi connectivity index (χ4n) is 5.24. The summed E-state index contributed by atoms with van der Waals surface area (Å²) in [5.74, 6) is 0.171. The van der Waals surface area contributed by atoms with Gasteiger partial charge in [0.2, 0.25) is 11.8 Å². The average Bonchev–Trinajstić information content (AvgIpc) is 3.35. The Balaban J connectivity index is 1.23. The van der Waals surface area contributed by atoms with Gasteiger partial charge >= 0.3 is 0 Å². The predicted octanol–water partition coefficient (Wildman–Crippen LogP) is 4.09. The Hall–Kier alpha value is -3.14. The van der Waals surface area contributed by atoms with E-state index < -0.39 is 0 Å². The normalized spacial score (nSPS) is 20.6. The van der Waals surface area contributed by atoms with Crippen LogP contribution in [0.25, 0.3) is 10.8 Å². The highest BCUT2D eigenvalue weighted by atomic mass is 16.2. The van der Waals surface area contributed by atoms with Crippen LogP contribution in [0, 0.1) is 0 Å². The van der Waals surface area contributed by atoms with Gasteiger partial charge in [-0.3, -0.25) is 9.59 Å². The van der Waals surface area contributed by atoms with Crippen molar-refractivity contribution in [1.82, 2.24) is 10.6 Å². The summed E-state index contributed by atoms with van der Waals surface area (Å²) in [6.45, 7) is 0. The molecule has 2 amide bonds. The lowest BCUT2D eigenvalue weighted by molar-refractivity contribution is -0.123. The maximum Gasteiger partial charge on any atom is 0.220 e. The van der Waals surface area contributed by atoms with E-state index in [0.29, 0.717) is 19.3 Å². The van der Waals surface area contributed by atoms with Crippen molar-refractivity contribution in [3.63, 3.8) is 0 Å². The molecule has 0 bridgehead atoms. The summed E-state index contributed by atoms with van der Waals surface area (Å²) >= 11 is 0. The summed E-state index contributed by atoms with van der Waals surface area (Å²) in [6.07, 6.45) is 4.97. The second-order valence-electron chi connectivity index (χ2n) is 9.13. The number of nitrogens with one attached hydrogen (secondary N) is 2. The first kappa shape index (κ1) is 19.8. The highest BCUT2D eigenvalue weighted by Crippen LogP contribution is 2.31. The molecule has 1 saturated heterocycles. The molecule has 0 spiro atoms. The minimum Gasteiger partial charge on any atom is -0.353 e. The number of hydrogen-bond donors (Lipinski definition) is 2. The molecular formula is C27H28N2O2. The van der Waals surface area contributed by atoms with Gasteiger partial charge in [-0.15, -0.1) is 0 Å². The highest BCUT2D eigenvalue weighted by molar-refractivity contribution is 5.83. The van der Waals surface area contributed by atoms with Crippen LogP contribution < -0.4 is 10.6 Å². The van der Waals surface area contributed by atoms with Crippen molar-refractivity contribution in [3.05, 3.63) is 83.4 Å². The number of benzene rings is 3. The van der Waals surface area contributed by atoms with Crippen LogP contribution >= 0.6 is 0 Å². The van der Waals surface area contributed by atoms with E-state index in [0.717, 1.165) is 25.7 Å². The topological polar surface area (TPSA) is 58.2 Å². The largest absolute Gasteiger partial charge is 0.353 e. The summed E-state index contributed by atoms with van der Waals surface area (Å²) < 4.78 is 0. The Kier molecular flexibility index (Phi) is 5.23. The van der Waals surface area contributed by atoms with Gasteiger partial charge in [-0.1, -0.05) is 66.7 Å². The lowest BCUT2D eigenvalue weighted by Gasteiger charge is -2.29. The van der Waals surface area contributed by atoms with Crippen LogP contribution in [0.5, 0.6) is 0 Å². The van der Waals surface area contributed by atoms with Gasteiger partial charge in [-0.05, 0) is 59.6 Å². The third-order valence-electron chi connectivity index (χ3n) is 6.84. The molecule has 31 heavy (non-hydrogen) atoms. The molecule has 158 valence electrons. The summed E-state index contributed by atoms with van der Waals surface area (Å²) in [4.78, 5) is 24.8. The van der Waals surface area contributed by atoms with E-state index in [1.807, 2.05) is 12.1 Å². The first-order chi connectivity index (χ1) is 15.1. The zero-order chi connectivity index (χ0) is 21.3. The molecule has 2 aliphatic rings. The zero-order valence-corrected chi connectivity index (χ0v) is 17.7. The molecular weight excluding hydrogens is 384 g/mol. The Labute approximate surface area is 183 Å². The third kappa shape index (κ3) is 4.34. The smallest absolute Gasteiger partial charge is 0.220 e. The first-order valence-corrected chi connectivity index (χ1v) is 11.2. The molecule has 3 aromatic rings. The van der Waals surface area contributed by atoms with Gasteiger partial charge in [0.25, 0.3) is 0 Å². The quantitative estimate of drug-likeness (QED) is 0.641. The minimum absolute atomic E-state index is 0.0804. The summed E-state index contributed by atoms with van der Waals surface area (Å²) in [5, 5.41) is 8.84. The van der Waals surface area contributed by atoms with Crippen molar-refractivity contribution < 1.29 is 9.59 Å². The maximum absolute atomic E-state index is 12.7. The van der Waals surface area contributed by atoms with Crippen molar-refractivity contribution in [2.45, 2.75) is 56.5 Å². The second-order valence-corrected chi connectivity index (χ2v) is 9.13. The average molecular weight is 413 g/mol. The van der Waals surface area contributed by atoms with E-state index in [9.17, 15) is 9.59 Å². The number of fused-ring (bicyclic) bond motifs is 2. The lowest BCUT2D eigenvalue weighted by atomic mass is 9.84. The number of amides is 2. The molecule has 0 saturated carbocycles. The molecule has 1 unspecified atom stereocenters. The van der Waals surface area contributed by atoms with Crippen LogP contribution in [0.2, 0.25) is 0 Å². The monoisotopic (exact) mass is 412 g/mol. The molecule has 1 fully saturated rings. The zero-order valence-electron chi connectivity index (χ0n) is 17.7. The molecule has 1 aliphatic heterocycles. The molecule has 1 heterocycles. The van der Waals surface area contributed by atoms with Crippen LogP contribution in [0.4, 0.5) is 0 Å². The molecule has 3 aromatic carbocycles.